The van der Waals surface area contributed by atoms with Gasteiger partial charge in [-0.15, -0.1) is 0 Å². The molecule has 100 valence electrons. The zero-order valence-electron chi connectivity index (χ0n) is 11.6. The minimum atomic E-state index is 0.0731. The van der Waals surface area contributed by atoms with Crippen molar-refractivity contribution in [1.82, 2.24) is 9.80 Å². The molecule has 0 fully saturated rings. The van der Waals surface area contributed by atoms with E-state index in [1.54, 1.807) is 25.1 Å². The van der Waals surface area contributed by atoms with Crippen LogP contribution >= 0.6 is 0 Å². The van der Waals surface area contributed by atoms with Gasteiger partial charge in [-0.1, -0.05) is 24.6 Å². The minimum absolute atomic E-state index is 0.0731. The molecule has 1 N–H and O–H groups in total. The molecule has 0 aliphatic carbocycles. The van der Waals surface area contributed by atoms with E-state index >= 15 is 0 Å². The van der Waals surface area contributed by atoms with Gasteiger partial charge in [0.05, 0.1) is 6.54 Å². The SMILES string of the molecule is CCN(CC(=O)N(C)C)Cc1cc(C)ccc1O. The number of amides is 1. The molecule has 4 nitrogen and oxygen atoms in total. The second-order valence-corrected chi connectivity index (χ2v) is 4.72. The molecule has 18 heavy (non-hydrogen) atoms. The summed E-state index contributed by atoms with van der Waals surface area (Å²) in [6.07, 6.45) is 0. The van der Waals surface area contributed by atoms with E-state index in [9.17, 15) is 9.90 Å². The van der Waals surface area contributed by atoms with E-state index in [0.29, 0.717) is 13.1 Å². The molecule has 1 aromatic rings. The first kappa shape index (κ1) is 14.5. The van der Waals surface area contributed by atoms with Crippen LogP contribution in [0.2, 0.25) is 0 Å². The summed E-state index contributed by atoms with van der Waals surface area (Å²) < 4.78 is 0. The summed E-state index contributed by atoms with van der Waals surface area (Å²) in [4.78, 5) is 15.3. The number of aromatic hydroxyl groups is 1. The Kier molecular flexibility index (Phi) is 5.16. The number of carbonyl (C=O) groups excluding carboxylic acids is 1. The normalized spacial score (nSPS) is 10.7. The van der Waals surface area contributed by atoms with Crippen LogP contribution in [-0.2, 0) is 11.3 Å². The molecule has 0 bridgehead atoms. The molecule has 0 saturated carbocycles. The van der Waals surface area contributed by atoms with Gasteiger partial charge in [-0.2, -0.15) is 0 Å². The first-order chi connectivity index (χ1) is 8.43. The largest absolute Gasteiger partial charge is 0.508 e. The fourth-order valence-electron chi connectivity index (χ4n) is 1.69. The molecule has 0 aromatic heterocycles. The van der Waals surface area contributed by atoms with Gasteiger partial charge in [0.2, 0.25) is 5.91 Å². The van der Waals surface area contributed by atoms with E-state index in [0.717, 1.165) is 17.7 Å². The number of likely N-dealkylation sites (N-methyl/N-ethyl adjacent to an activating group) is 2. The third-order valence-electron chi connectivity index (χ3n) is 2.93. The molecule has 0 saturated heterocycles. The molecule has 0 aliphatic heterocycles. The Morgan fingerprint density at radius 3 is 2.56 bits per heavy atom. The van der Waals surface area contributed by atoms with E-state index in [2.05, 4.69) is 0 Å². The maximum atomic E-state index is 11.7. The Balaban J connectivity index is 2.73. The van der Waals surface area contributed by atoms with E-state index in [1.807, 2.05) is 30.9 Å². The van der Waals surface area contributed by atoms with Crippen LogP contribution < -0.4 is 0 Å². The van der Waals surface area contributed by atoms with E-state index in [-0.39, 0.29) is 11.7 Å². The zero-order valence-corrected chi connectivity index (χ0v) is 11.6. The first-order valence-corrected chi connectivity index (χ1v) is 6.15. The van der Waals surface area contributed by atoms with Gasteiger partial charge in [0.1, 0.15) is 5.75 Å². The van der Waals surface area contributed by atoms with Gasteiger partial charge in [0, 0.05) is 26.2 Å². The topological polar surface area (TPSA) is 43.8 Å². The van der Waals surface area contributed by atoms with E-state index in [1.165, 1.54) is 0 Å². The molecule has 0 unspecified atom stereocenters. The van der Waals surface area contributed by atoms with Gasteiger partial charge in [0.25, 0.3) is 0 Å². The predicted molar refractivity (Wildman–Crippen MR) is 72.5 cm³/mol. The van der Waals surface area contributed by atoms with Crippen LogP contribution in [0.15, 0.2) is 18.2 Å². The van der Waals surface area contributed by atoms with Crippen molar-refractivity contribution >= 4 is 5.91 Å². The van der Waals surface area contributed by atoms with E-state index in [4.69, 9.17) is 0 Å². The second-order valence-electron chi connectivity index (χ2n) is 4.72. The molecule has 0 atom stereocenters. The Hall–Kier alpha value is -1.55. The molecular weight excluding hydrogens is 228 g/mol. The number of phenolic OH excluding ortho intramolecular Hbond substituents is 1. The summed E-state index contributed by atoms with van der Waals surface area (Å²) >= 11 is 0. The van der Waals surface area contributed by atoms with Crippen molar-refractivity contribution in [1.29, 1.82) is 0 Å². The fourth-order valence-corrected chi connectivity index (χ4v) is 1.69. The van der Waals surface area contributed by atoms with Crippen molar-refractivity contribution in [2.75, 3.05) is 27.2 Å². The van der Waals surface area contributed by atoms with Gasteiger partial charge in [-0.05, 0) is 19.5 Å². The van der Waals surface area contributed by atoms with Crippen molar-refractivity contribution in [3.63, 3.8) is 0 Å². The molecule has 0 radical (unpaired) electrons. The highest BCUT2D eigenvalue weighted by molar-refractivity contribution is 5.77. The highest BCUT2D eigenvalue weighted by atomic mass is 16.3. The summed E-state index contributed by atoms with van der Waals surface area (Å²) in [5, 5.41) is 9.80. The lowest BCUT2D eigenvalue weighted by Crippen LogP contribution is -2.36. The average molecular weight is 250 g/mol. The number of nitrogens with zero attached hydrogens (tertiary/aromatic N) is 2. The predicted octanol–water partition coefficient (Wildman–Crippen LogP) is 1.61. The molecule has 4 heteroatoms. The highest BCUT2D eigenvalue weighted by Crippen LogP contribution is 2.19. The number of hydrogen-bond acceptors (Lipinski definition) is 3. The third kappa shape index (κ3) is 4.04. The molecule has 0 aliphatic rings. The lowest BCUT2D eigenvalue weighted by atomic mass is 10.1. The summed E-state index contributed by atoms with van der Waals surface area (Å²) in [7, 11) is 3.50. The number of phenols is 1. The van der Waals surface area contributed by atoms with Crippen LogP contribution in [0.25, 0.3) is 0 Å². The summed E-state index contributed by atoms with van der Waals surface area (Å²) in [5.41, 5.74) is 1.97. The summed E-state index contributed by atoms with van der Waals surface area (Å²) in [5.74, 6) is 0.361. The third-order valence-corrected chi connectivity index (χ3v) is 2.93. The van der Waals surface area contributed by atoms with Gasteiger partial charge < -0.3 is 10.0 Å². The molecule has 1 aromatic carbocycles. The number of rotatable bonds is 5. The molecule has 1 amide bonds. The van der Waals surface area contributed by atoms with Crippen LogP contribution in [0, 0.1) is 6.92 Å². The van der Waals surface area contributed by atoms with Crippen molar-refractivity contribution < 1.29 is 9.90 Å². The molecular formula is C14H22N2O2. The Labute approximate surface area is 109 Å². The molecule has 0 heterocycles. The fraction of sp³-hybridized carbons (Fsp3) is 0.500. The lowest BCUT2D eigenvalue weighted by molar-refractivity contribution is -0.130. The highest BCUT2D eigenvalue weighted by Gasteiger charge is 2.12. The minimum Gasteiger partial charge on any atom is -0.508 e. The smallest absolute Gasteiger partial charge is 0.236 e. The van der Waals surface area contributed by atoms with Crippen LogP contribution in [0.1, 0.15) is 18.1 Å². The van der Waals surface area contributed by atoms with Crippen molar-refractivity contribution in [3.8, 4) is 5.75 Å². The lowest BCUT2D eigenvalue weighted by Gasteiger charge is -2.22. The monoisotopic (exact) mass is 250 g/mol. The van der Waals surface area contributed by atoms with Crippen LogP contribution in [0.4, 0.5) is 0 Å². The Morgan fingerprint density at radius 1 is 1.33 bits per heavy atom. The van der Waals surface area contributed by atoms with Crippen molar-refractivity contribution in [2.24, 2.45) is 0 Å². The van der Waals surface area contributed by atoms with Crippen molar-refractivity contribution in [3.05, 3.63) is 29.3 Å². The average Bonchev–Trinajstić information content (AvgIpc) is 2.32. The van der Waals surface area contributed by atoms with Gasteiger partial charge in [-0.3, -0.25) is 9.69 Å². The maximum Gasteiger partial charge on any atom is 0.236 e. The summed E-state index contributed by atoms with van der Waals surface area (Å²) in [6, 6.07) is 5.53. The Morgan fingerprint density at radius 2 is 2.00 bits per heavy atom. The number of carbonyl (C=O) groups is 1. The summed E-state index contributed by atoms with van der Waals surface area (Å²) in [6.45, 7) is 5.73. The maximum absolute atomic E-state index is 11.7. The second kappa shape index (κ2) is 6.40. The molecule has 0 spiro atoms. The van der Waals surface area contributed by atoms with E-state index < -0.39 is 0 Å². The standard InChI is InChI=1S/C14H22N2O2/c1-5-16(10-14(18)15(3)4)9-12-8-11(2)6-7-13(12)17/h6-8,17H,5,9-10H2,1-4H3. The molecule has 1 rings (SSSR count). The van der Waals surface area contributed by atoms with Gasteiger partial charge >= 0.3 is 0 Å². The quantitative estimate of drug-likeness (QED) is 0.863. The first-order valence-electron chi connectivity index (χ1n) is 6.15. The van der Waals surface area contributed by atoms with Crippen LogP contribution in [0.3, 0.4) is 0 Å². The number of aryl methyl sites for hydroxylation is 1. The number of benzene rings is 1. The van der Waals surface area contributed by atoms with Gasteiger partial charge in [0.15, 0.2) is 0 Å². The number of hydrogen-bond donors (Lipinski definition) is 1. The zero-order chi connectivity index (χ0) is 13.7. The Bertz CT molecular complexity index is 416. The van der Waals surface area contributed by atoms with Crippen molar-refractivity contribution in [2.45, 2.75) is 20.4 Å². The van der Waals surface area contributed by atoms with Crippen LogP contribution in [0.5, 0.6) is 5.75 Å². The van der Waals surface area contributed by atoms with Gasteiger partial charge in [-0.25, -0.2) is 0 Å². The van der Waals surface area contributed by atoms with Crippen LogP contribution in [-0.4, -0.2) is 48.0 Å².